The molecule has 31 heavy (non-hydrogen) atoms. The van der Waals surface area contributed by atoms with E-state index in [1.165, 1.54) is 33.0 Å². The molecule has 4 rings (SSSR count). The molecule has 0 aromatic heterocycles. The number of fused-ring (bicyclic) bond motifs is 4. The van der Waals surface area contributed by atoms with Crippen molar-refractivity contribution in [1.29, 1.82) is 0 Å². The van der Waals surface area contributed by atoms with E-state index in [4.69, 9.17) is 9.47 Å². The van der Waals surface area contributed by atoms with Crippen LogP contribution in [-0.2, 0) is 28.7 Å². The van der Waals surface area contributed by atoms with Crippen LogP contribution in [0.15, 0.2) is 29.2 Å². The van der Waals surface area contributed by atoms with Gasteiger partial charge in [-0.1, -0.05) is 23.9 Å². The molecule has 0 radical (unpaired) electrons. The van der Waals surface area contributed by atoms with Crippen LogP contribution in [0.25, 0.3) is 0 Å². The lowest BCUT2D eigenvalue weighted by molar-refractivity contribution is -0.171. The number of amides is 4. The Balaban J connectivity index is 2.10. The lowest BCUT2D eigenvalue weighted by Gasteiger charge is -2.48. The second-order valence-electron chi connectivity index (χ2n) is 7.71. The maximum absolute atomic E-state index is 13.8. The summed E-state index contributed by atoms with van der Waals surface area (Å²) in [5.74, 6) is -4.97. The number of thioether (sulfide) groups is 1. The molecule has 1 spiro atoms. The van der Waals surface area contributed by atoms with Gasteiger partial charge >= 0.3 is 18.0 Å². The van der Waals surface area contributed by atoms with Crippen LogP contribution in [0.1, 0.15) is 6.92 Å². The minimum atomic E-state index is -2.11. The highest BCUT2D eigenvalue weighted by molar-refractivity contribution is 8.01. The number of para-hydroxylation sites is 1. The van der Waals surface area contributed by atoms with E-state index >= 15 is 0 Å². The third-order valence-corrected chi connectivity index (χ3v) is 7.92. The number of barbiturate groups is 1. The molecule has 11 heteroatoms. The van der Waals surface area contributed by atoms with E-state index < -0.39 is 52.0 Å². The zero-order chi connectivity index (χ0) is 22.9. The Morgan fingerprint density at radius 1 is 0.968 bits per heavy atom. The molecular formula is C20H21N3O7S. The number of ether oxygens (including phenoxy) is 2. The van der Waals surface area contributed by atoms with E-state index in [0.29, 0.717) is 5.69 Å². The van der Waals surface area contributed by atoms with E-state index in [9.17, 15) is 24.0 Å². The zero-order valence-corrected chi connectivity index (χ0v) is 18.4. The number of esters is 2. The van der Waals surface area contributed by atoms with E-state index in [-0.39, 0.29) is 0 Å². The van der Waals surface area contributed by atoms with E-state index in [1.54, 1.807) is 36.1 Å². The standard InChI is InChI=1S/C20H21N3O7S/c1-19-20(16(26)21(2)18(28)22(3)17(20)27)12(14(24)29-4)13(15(25)30-5)23(19)10-8-6-7-9-11(10)31-19/h6-9,12-13H,1-5H3/t12-,13-,19?/m0/s1. The number of rotatable bonds is 2. The SMILES string of the molecule is COC(=O)[C@@H]1[C@@H](C(=O)OC)C2(C(=O)N(C)C(=O)N(C)C2=O)C2(C)Sc3ccccc3N12. The molecule has 0 aliphatic carbocycles. The Morgan fingerprint density at radius 2 is 1.52 bits per heavy atom. The van der Waals surface area contributed by atoms with Crippen LogP contribution in [0, 0.1) is 11.3 Å². The molecule has 4 amide bonds. The minimum absolute atomic E-state index is 0.582. The van der Waals surface area contributed by atoms with Crippen LogP contribution < -0.4 is 4.90 Å². The van der Waals surface area contributed by atoms with Crippen LogP contribution >= 0.6 is 11.8 Å². The second-order valence-corrected chi connectivity index (χ2v) is 9.15. The molecule has 0 saturated carbocycles. The van der Waals surface area contributed by atoms with Crippen LogP contribution in [-0.4, -0.2) is 78.8 Å². The van der Waals surface area contributed by atoms with Crippen LogP contribution in [0.3, 0.4) is 0 Å². The van der Waals surface area contributed by atoms with E-state index in [0.717, 1.165) is 21.8 Å². The highest BCUT2D eigenvalue weighted by atomic mass is 32.2. The summed E-state index contributed by atoms with van der Waals surface area (Å²) in [6.45, 7) is 1.63. The molecule has 10 nitrogen and oxygen atoms in total. The van der Waals surface area contributed by atoms with Gasteiger partial charge in [0.1, 0.15) is 16.8 Å². The summed E-state index contributed by atoms with van der Waals surface area (Å²) in [5.41, 5.74) is -1.53. The summed E-state index contributed by atoms with van der Waals surface area (Å²) in [6.07, 6.45) is 0. The molecule has 0 bridgehead atoms. The van der Waals surface area contributed by atoms with Crippen molar-refractivity contribution in [2.75, 3.05) is 33.2 Å². The number of hydrogen-bond donors (Lipinski definition) is 0. The van der Waals surface area contributed by atoms with Gasteiger partial charge in [0.25, 0.3) is 0 Å². The third-order valence-electron chi connectivity index (χ3n) is 6.44. The first-order valence-corrected chi connectivity index (χ1v) is 10.2. The van der Waals surface area contributed by atoms with Crippen molar-refractivity contribution in [3.63, 3.8) is 0 Å². The molecule has 2 fully saturated rings. The monoisotopic (exact) mass is 447 g/mol. The summed E-state index contributed by atoms with van der Waals surface area (Å²) in [4.78, 5) is 68.7. The molecule has 1 aromatic rings. The van der Waals surface area contributed by atoms with Gasteiger partial charge in [0.05, 0.1) is 19.9 Å². The molecule has 164 valence electrons. The van der Waals surface area contributed by atoms with Gasteiger partial charge in [-0.2, -0.15) is 0 Å². The number of anilines is 1. The fourth-order valence-corrected chi connectivity index (χ4v) is 6.69. The summed E-state index contributed by atoms with van der Waals surface area (Å²) in [6, 6.07) is 4.95. The van der Waals surface area contributed by atoms with Gasteiger partial charge < -0.3 is 14.4 Å². The lowest BCUT2D eigenvalue weighted by Crippen LogP contribution is -2.71. The Hall–Kier alpha value is -3.08. The first-order chi connectivity index (χ1) is 14.6. The van der Waals surface area contributed by atoms with Crippen molar-refractivity contribution in [2.24, 2.45) is 11.3 Å². The second kappa shape index (κ2) is 6.71. The number of nitrogens with zero attached hydrogens (tertiary/aromatic N) is 3. The van der Waals surface area contributed by atoms with Gasteiger partial charge in [0.15, 0.2) is 5.41 Å². The summed E-state index contributed by atoms with van der Waals surface area (Å²) in [7, 11) is 4.78. The first-order valence-electron chi connectivity index (χ1n) is 9.42. The van der Waals surface area contributed by atoms with Gasteiger partial charge in [0, 0.05) is 19.0 Å². The maximum Gasteiger partial charge on any atom is 0.332 e. The molecule has 3 aliphatic rings. The number of urea groups is 1. The van der Waals surface area contributed by atoms with Gasteiger partial charge in [-0.3, -0.25) is 24.2 Å². The van der Waals surface area contributed by atoms with Crippen molar-refractivity contribution in [2.45, 2.75) is 22.7 Å². The fraction of sp³-hybridized carbons (Fsp3) is 0.450. The van der Waals surface area contributed by atoms with Gasteiger partial charge in [-0.05, 0) is 19.1 Å². The van der Waals surface area contributed by atoms with Gasteiger partial charge in [-0.25, -0.2) is 9.59 Å². The van der Waals surface area contributed by atoms with Crippen molar-refractivity contribution >= 4 is 47.2 Å². The molecule has 3 heterocycles. The smallest absolute Gasteiger partial charge is 0.332 e. The summed E-state index contributed by atoms with van der Waals surface area (Å²) < 4.78 is 9.96. The Kier molecular flexibility index (Phi) is 4.58. The molecule has 1 unspecified atom stereocenters. The summed E-state index contributed by atoms with van der Waals surface area (Å²) in [5, 5.41) is 0. The Bertz CT molecular complexity index is 1020. The van der Waals surface area contributed by atoms with E-state index in [2.05, 4.69) is 0 Å². The van der Waals surface area contributed by atoms with Crippen molar-refractivity contribution < 1.29 is 33.4 Å². The molecule has 0 N–H and O–H groups in total. The third kappa shape index (κ3) is 2.26. The molecule has 1 aromatic carbocycles. The minimum Gasteiger partial charge on any atom is -0.469 e. The quantitative estimate of drug-likeness (QED) is 0.477. The highest BCUT2D eigenvalue weighted by Gasteiger charge is 2.82. The number of carbonyl (C=O) groups is 5. The van der Waals surface area contributed by atoms with Crippen molar-refractivity contribution in [3.05, 3.63) is 24.3 Å². The van der Waals surface area contributed by atoms with Crippen LogP contribution in [0.4, 0.5) is 10.5 Å². The molecule has 2 saturated heterocycles. The normalized spacial score (nSPS) is 28.7. The fourth-order valence-electron chi connectivity index (χ4n) is 5.07. The van der Waals surface area contributed by atoms with Crippen molar-refractivity contribution in [1.82, 2.24) is 9.80 Å². The van der Waals surface area contributed by atoms with Crippen LogP contribution in [0.5, 0.6) is 0 Å². The summed E-state index contributed by atoms with van der Waals surface area (Å²) >= 11 is 1.19. The van der Waals surface area contributed by atoms with Gasteiger partial charge in [0.2, 0.25) is 11.8 Å². The average Bonchev–Trinajstić information content (AvgIpc) is 3.19. The molecular weight excluding hydrogens is 426 g/mol. The predicted molar refractivity (Wildman–Crippen MR) is 108 cm³/mol. The molecule has 3 atom stereocenters. The zero-order valence-electron chi connectivity index (χ0n) is 17.6. The number of hydrogen-bond acceptors (Lipinski definition) is 9. The predicted octanol–water partition coefficient (Wildman–Crippen LogP) is 0.696. The number of methoxy groups -OCH3 is 2. The maximum atomic E-state index is 13.8. The Morgan fingerprint density at radius 3 is 2.06 bits per heavy atom. The lowest BCUT2D eigenvalue weighted by atomic mass is 9.67. The largest absolute Gasteiger partial charge is 0.469 e. The van der Waals surface area contributed by atoms with Crippen molar-refractivity contribution in [3.8, 4) is 0 Å². The van der Waals surface area contributed by atoms with E-state index in [1.807, 2.05) is 0 Å². The average molecular weight is 447 g/mol. The first kappa shape index (κ1) is 21.2. The topological polar surface area (TPSA) is 114 Å². The molecule has 3 aliphatic heterocycles. The number of imide groups is 2. The Labute approximate surface area is 182 Å². The van der Waals surface area contributed by atoms with Crippen LogP contribution in [0.2, 0.25) is 0 Å². The number of carbonyl (C=O) groups excluding carboxylic acids is 5. The number of benzene rings is 1. The highest BCUT2D eigenvalue weighted by Crippen LogP contribution is 2.68. The van der Waals surface area contributed by atoms with Gasteiger partial charge in [-0.15, -0.1) is 0 Å².